The molecule has 2 aliphatic carbocycles. The van der Waals surface area contributed by atoms with Crippen molar-refractivity contribution in [3.63, 3.8) is 0 Å². The molecule has 0 bridgehead atoms. The molecule has 0 aromatic carbocycles. The summed E-state index contributed by atoms with van der Waals surface area (Å²) in [5.74, 6) is 0. The van der Waals surface area contributed by atoms with Crippen molar-refractivity contribution >= 4 is 8.32 Å². The number of allylic oxidation sites excluding steroid dienone is 1. The number of rotatable bonds is 8. The second-order valence-corrected chi connectivity index (χ2v) is 14.1. The Morgan fingerprint density at radius 2 is 1.26 bits per heavy atom. The van der Waals surface area contributed by atoms with Gasteiger partial charge < -0.3 is 16.1 Å². The molecule has 2 saturated carbocycles. The smallest absolute Gasteiger partial charge is 0.192 e. The Morgan fingerprint density at radius 1 is 0.914 bits per heavy atom. The van der Waals surface area contributed by atoms with E-state index in [-0.39, 0.29) is 37.8 Å². The first-order valence-electron chi connectivity index (χ1n) is 11.3. The Morgan fingerprint density at radius 3 is 1.46 bits per heavy atom. The van der Waals surface area contributed by atoms with Crippen molar-refractivity contribution in [1.29, 1.82) is 0 Å². The molecule has 6 nitrogen and oxygen atoms in total. The van der Waals surface area contributed by atoms with E-state index < -0.39 is 18.6 Å². The van der Waals surface area contributed by atoms with E-state index in [1.165, 1.54) is 12.8 Å². The Bertz CT molecular complexity index is 390. The molecule has 200 valence electrons. The second-order valence-electron chi connectivity index (χ2n) is 8.55. The topological polar surface area (TPSA) is 122 Å². The fourth-order valence-corrected chi connectivity index (χ4v) is 2.73. The third kappa shape index (κ3) is 42.1. The summed E-state index contributed by atoms with van der Waals surface area (Å²) in [6.45, 7) is 19.3. The van der Waals surface area contributed by atoms with Crippen LogP contribution in [0.5, 0.6) is 0 Å². The molecule has 2 aliphatic rings. The maximum Gasteiger partial charge on any atom is 0.192 e. The fourth-order valence-electron chi connectivity index (χ4n) is 1.67. The van der Waals surface area contributed by atoms with Crippen molar-refractivity contribution < 1.29 is 64.6 Å². The van der Waals surface area contributed by atoms with Gasteiger partial charge >= 0.3 is 0 Å². The zero-order valence-electron chi connectivity index (χ0n) is 22.1. The molecule has 0 aromatic rings. The van der Waals surface area contributed by atoms with Gasteiger partial charge in [-0.25, -0.2) is 18.6 Å². The van der Waals surface area contributed by atoms with E-state index in [1.807, 2.05) is 70.6 Å². The maximum absolute atomic E-state index is 8.56. The van der Waals surface area contributed by atoms with Crippen molar-refractivity contribution in [2.75, 3.05) is 13.2 Å². The summed E-state index contributed by atoms with van der Waals surface area (Å²) < 4.78 is 39.9. The number of halogens is 1. The van der Waals surface area contributed by atoms with Gasteiger partial charge in [-0.05, 0) is 82.3 Å². The number of hydrogen-bond acceptors (Lipinski definition) is 6. The van der Waals surface area contributed by atoms with Crippen LogP contribution in [-0.4, -0.2) is 26.6 Å². The molecule has 9 heteroatoms. The molecule has 0 aliphatic heterocycles. The van der Waals surface area contributed by atoms with Crippen LogP contribution in [-0.2, 0) is 30.6 Å². The molecule has 0 unspecified atom stereocenters. The third-order valence-corrected chi connectivity index (χ3v) is 9.09. The first-order valence-corrected chi connectivity index (χ1v) is 15.4. The van der Waals surface area contributed by atoms with E-state index >= 15 is 0 Å². The maximum atomic E-state index is 8.56. The number of hydrogen-bond donors (Lipinski definition) is 1. The Kier molecular flexibility index (Phi) is 34.0. The monoisotopic (exact) mass is 605 g/mol. The van der Waals surface area contributed by atoms with E-state index in [4.69, 9.17) is 34.7 Å². The van der Waals surface area contributed by atoms with Crippen molar-refractivity contribution in [3.05, 3.63) is 83.3 Å². The normalized spacial score (nSPS) is 14.8. The molecule has 0 saturated heterocycles. The number of aliphatic hydroxyl groups is 1. The second kappa shape index (κ2) is 27.8. The van der Waals surface area contributed by atoms with Crippen LogP contribution in [0.4, 0.5) is 0 Å². The van der Waals surface area contributed by atoms with Crippen LogP contribution in [0.1, 0.15) is 53.4 Å². The minimum Gasteiger partial charge on any atom is -0.518 e. The van der Waals surface area contributed by atoms with Gasteiger partial charge in [-0.1, -0.05) is 47.0 Å². The zero-order chi connectivity index (χ0) is 26.9. The molecule has 0 aromatic heterocycles. The zero-order valence-corrected chi connectivity index (χ0v) is 26.3. The average molecular weight is 607 g/mol. The fraction of sp³-hybridized carbons (Fsp3) is 0.500. The SMILES string of the molecule is CC(C)(C)[Si](C)(C)OCC[CH+]CO.[CH-]=CCCCC.[CH]1[CH][CH][CH][CH]1.[CH]1[CH][CH][CH][CH]1.[O-][Cl+3]([O-])([O-])[O-].[Zr]. The summed E-state index contributed by atoms with van der Waals surface area (Å²) in [6.07, 6.45) is 27.9. The van der Waals surface area contributed by atoms with Gasteiger partial charge in [0.25, 0.3) is 0 Å². The van der Waals surface area contributed by atoms with Gasteiger partial charge in [0.05, 0.1) is 6.61 Å². The molecule has 0 atom stereocenters. The van der Waals surface area contributed by atoms with Crippen LogP contribution in [0, 0.1) is 87.5 Å². The summed E-state index contributed by atoms with van der Waals surface area (Å²) in [6, 6.07) is 0. The van der Waals surface area contributed by atoms with Gasteiger partial charge in [0.15, 0.2) is 14.9 Å². The van der Waals surface area contributed by atoms with E-state index in [1.54, 1.807) is 6.08 Å². The van der Waals surface area contributed by atoms with E-state index in [9.17, 15) is 0 Å². The van der Waals surface area contributed by atoms with Gasteiger partial charge in [0.1, 0.15) is 12.8 Å². The first kappa shape index (κ1) is 42.8. The van der Waals surface area contributed by atoms with Gasteiger partial charge in [0, 0.05) is 26.2 Å². The minimum atomic E-state index is -4.94. The minimum absolute atomic E-state index is 0. The number of aliphatic hydroxyl groups excluding tert-OH is 1. The van der Waals surface area contributed by atoms with Crippen LogP contribution in [0.3, 0.4) is 0 Å². The molecule has 0 amide bonds. The quantitative estimate of drug-likeness (QED) is 0.256. The summed E-state index contributed by atoms with van der Waals surface area (Å²) in [4.78, 5) is 0. The van der Waals surface area contributed by atoms with Crippen LogP contribution in [0.2, 0.25) is 18.1 Å². The molecule has 2 fully saturated rings. The molecule has 1 N–H and O–H groups in total. The van der Waals surface area contributed by atoms with Gasteiger partial charge in [-0.15, -0.1) is 10.2 Å². The first-order chi connectivity index (χ1) is 15.7. The molecule has 10 radical (unpaired) electrons. The van der Waals surface area contributed by atoms with Crippen molar-refractivity contribution in [3.8, 4) is 0 Å². The molecule has 2 rings (SSSR count). The predicted molar refractivity (Wildman–Crippen MR) is 131 cm³/mol. The van der Waals surface area contributed by atoms with Crippen LogP contribution in [0.15, 0.2) is 6.08 Å². The van der Waals surface area contributed by atoms with E-state index in [0.717, 1.165) is 19.4 Å². The van der Waals surface area contributed by atoms with E-state index in [0.29, 0.717) is 0 Å². The summed E-state index contributed by atoms with van der Waals surface area (Å²) in [7, 11) is -6.50. The number of unbranched alkanes of at least 4 members (excludes halogenated alkanes) is 3. The summed E-state index contributed by atoms with van der Waals surface area (Å²) in [5, 5.41) is 8.84. The molecular formula is C26H44ClO6SiZr-. The molecule has 0 heterocycles. The molecule has 0 spiro atoms. The third-order valence-electron chi connectivity index (χ3n) is 4.56. The predicted octanol–water partition coefficient (Wildman–Crippen LogP) is 2.05. The summed E-state index contributed by atoms with van der Waals surface area (Å²) in [5.41, 5.74) is 0. The van der Waals surface area contributed by atoms with E-state index in [2.05, 4.69) is 40.8 Å². The van der Waals surface area contributed by atoms with Gasteiger partial charge in [-0.2, -0.15) is 0 Å². The van der Waals surface area contributed by atoms with Crippen molar-refractivity contribution in [2.45, 2.75) is 71.5 Å². The Balaban J connectivity index is -0.000000184. The summed E-state index contributed by atoms with van der Waals surface area (Å²) >= 11 is 0. The van der Waals surface area contributed by atoms with Crippen molar-refractivity contribution in [2.24, 2.45) is 0 Å². The standard InChI is InChI=1S/C10H23O2Si.C6H11.2C5H5.ClHO4.Zr/c1-10(2,3)13(4,5)12-9-7-6-8-11;1-3-5-6-4-2;2*1-2-4-5-3-1;2-1(3,4)5;/h6,11H,7-9H2,1-5H3;1,3H,4-6H2,2H3;2*1-5H;(H,2,3,4,5);/q+1;-1;;;;/p-1. The largest absolute Gasteiger partial charge is 0.518 e. The van der Waals surface area contributed by atoms with Crippen LogP contribution < -0.4 is 18.6 Å². The molecular weight excluding hydrogens is 563 g/mol. The van der Waals surface area contributed by atoms with Gasteiger partial charge in [-0.3, -0.25) is 6.08 Å². The Labute approximate surface area is 239 Å². The van der Waals surface area contributed by atoms with Crippen LogP contribution in [0.25, 0.3) is 0 Å². The Hall–Kier alpha value is 0.760. The van der Waals surface area contributed by atoms with Crippen LogP contribution >= 0.6 is 0 Å². The van der Waals surface area contributed by atoms with Crippen molar-refractivity contribution in [1.82, 2.24) is 0 Å². The average Bonchev–Trinajstić information content (AvgIpc) is 3.47. The molecule has 35 heavy (non-hydrogen) atoms. The van der Waals surface area contributed by atoms with Gasteiger partial charge in [0.2, 0.25) is 0 Å².